The number of ether oxygens (including phenoxy) is 1. The maximum Gasteiger partial charge on any atom is 0.306 e. The number of carbonyl (C=O) groups is 2. The topological polar surface area (TPSA) is 68.3 Å². The zero-order valence-electron chi connectivity index (χ0n) is 14.2. The van der Waals surface area contributed by atoms with Crippen LogP contribution in [0.25, 0.3) is 6.08 Å². The lowest BCUT2D eigenvalue weighted by atomic mass is 10.1. The zero-order valence-corrected chi connectivity index (χ0v) is 14.2. The van der Waals surface area contributed by atoms with Crippen molar-refractivity contribution in [3.63, 3.8) is 0 Å². The lowest BCUT2D eigenvalue weighted by molar-refractivity contribution is -0.154. The lowest BCUT2D eigenvalue weighted by Crippen LogP contribution is -2.25. The Bertz CT molecular complexity index is 530. The van der Waals surface area contributed by atoms with Crippen LogP contribution in [0.4, 0.5) is 0 Å². The van der Waals surface area contributed by atoms with Crippen LogP contribution >= 0.6 is 0 Å². The minimum Gasteiger partial charge on any atom is -0.460 e. The van der Waals surface area contributed by atoms with E-state index in [2.05, 4.69) is 16.9 Å². The first-order valence-corrected chi connectivity index (χ1v) is 7.90. The predicted octanol–water partition coefficient (Wildman–Crippen LogP) is 3.36. The van der Waals surface area contributed by atoms with Crippen LogP contribution in [0.5, 0.6) is 0 Å². The van der Waals surface area contributed by atoms with Gasteiger partial charge < -0.3 is 10.1 Å². The molecule has 0 saturated carbocycles. The Balaban J connectivity index is 2.16. The van der Waals surface area contributed by atoms with E-state index in [4.69, 9.17) is 4.74 Å². The normalized spacial score (nSPS) is 10.9. The summed E-state index contributed by atoms with van der Waals surface area (Å²) in [5, 5.41) is 2.84. The average Bonchev–Trinajstić information content (AvgIpc) is 2.48. The summed E-state index contributed by atoms with van der Waals surface area (Å²) in [6, 6.07) is 3.48. The van der Waals surface area contributed by atoms with Crippen LogP contribution in [0.15, 0.2) is 24.9 Å². The van der Waals surface area contributed by atoms with Gasteiger partial charge in [0, 0.05) is 19.2 Å². The third-order valence-electron chi connectivity index (χ3n) is 3.02. The van der Waals surface area contributed by atoms with Gasteiger partial charge in [-0.3, -0.25) is 14.6 Å². The van der Waals surface area contributed by atoms with Crippen molar-refractivity contribution >= 4 is 18.0 Å². The van der Waals surface area contributed by atoms with Crippen molar-refractivity contribution in [2.75, 3.05) is 6.54 Å². The lowest BCUT2D eigenvalue weighted by Gasteiger charge is -2.19. The number of hydrogen-bond donors (Lipinski definition) is 1. The summed E-state index contributed by atoms with van der Waals surface area (Å²) in [7, 11) is 0. The number of unbranched alkanes of at least 4 members (excludes halogenated alkanes) is 2. The highest BCUT2D eigenvalue weighted by Crippen LogP contribution is 2.10. The summed E-state index contributed by atoms with van der Waals surface area (Å²) in [5.41, 5.74) is 0.841. The molecule has 0 unspecified atom stereocenters. The highest BCUT2D eigenvalue weighted by molar-refractivity contribution is 5.93. The fraction of sp³-hybridized carbons (Fsp3) is 0.500. The van der Waals surface area contributed by atoms with Crippen molar-refractivity contribution in [3.05, 3.63) is 36.2 Å². The van der Waals surface area contributed by atoms with E-state index in [0.29, 0.717) is 18.5 Å². The number of amides is 1. The van der Waals surface area contributed by atoms with E-state index in [1.165, 1.54) is 6.20 Å². The van der Waals surface area contributed by atoms with Gasteiger partial charge in [-0.1, -0.05) is 13.0 Å². The molecule has 5 nitrogen and oxygen atoms in total. The highest BCUT2D eigenvalue weighted by atomic mass is 16.6. The van der Waals surface area contributed by atoms with Crippen LogP contribution in [-0.2, 0) is 9.53 Å². The largest absolute Gasteiger partial charge is 0.460 e. The Morgan fingerprint density at radius 3 is 2.57 bits per heavy atom. The zero-order chi connectivity index (χ0) is 17.3. The number of rotatable bonds is 8. The van der Waals surface area contributed by atoms with Crippen molar-refractivity contribution in [1.82, 2.24) is 10.3 Å². The number of carbonyl (C=O) groups excluding carboxylic acids is 2. The minimum absolute atomic E-state index is 0.139. The molecule has 1 aromatic heterocycles. The molecule has 5 heteroatoms. The second kappa shape index (κ2) is 9.08. The van der Waals surface area contributed by atoms with E-state index in [0.717, 1.165) is 25.0 Å². The maximum absolute atomic E-state index is 11.9. The molecule has 0 spiro atoms. The third-order valence-corrected chi connectivity index (χ3v) is 3.02. The summed E-state index contributed by atoms with van der Waals surface area (Å²) in [4.78, 5) is 27.5. The van der Waals surface area contributed by atoms with Crippen molar-refractivity contribution in [3.8, 4) is 0 Å². The van der Waals surface area contributed by atoms with Crippen molar-refractivity contribution in [2.45, 2.75) is 52.1 Å². The number of nitrogens with zero attached hydrogens (tertiary/aromatic N) is 1. The fourth-order valence-corrected chi connectivity index (χ4v) is 1.93. The Morgan fingerprint density at radius 1 is 1.26 bits per heavy atom. The molecule has 0 fully saturated rings. The number of hydrogen-bond acceptors (Lipinski definition) is 4. The van der Waals surface area contributed by atoms with Crippen LogP contribution < -0.4 is 5.32 Å². The molecular formula is C18H26N2O3. The summed E-state index contributed by atoms with van der Waals surface area (Å²) >= 11 is 0. The van der Waals surface area contributed by atoms with Crippen LogP contribution in [0, 0.1) is 0 Å². The van der Waals surface area contributed by atoms with Gasteiger partial charge in [0.05, 0.1) is 11.3 Å². The molecule has 1 N–H and O–H groups in total. The van der Waals surface area contributed by atoms with E-state index in [9.17, 15) is 9.59 Å². The maximum atomic E-state index is 11.9. The second-order valence-electron chi connectivity index (χ2n) is 6.33. The van der Waals surface area contributed by atoms with Crippen LogP contribution in [0.3, 0.4) is 0 Å². The van der Waals surface area contributed by atoms with Gasteiger partial charge in [-0.25, -0.2) is 0 Å². The van der Waals surface area contributed by atoms with E-state index in [-0.39, 0.29) is 11.9 Å². The monoisotopic (exact) mass is 318 g/mol. The van der Waals surface area contributed by atoms with E-state index in [1.807, 2.05) is 20.8 Å². The van der Waals surface area contributed by atoms with Crippen LogP contribution in [0.1, 0.15) is 62.5 Å². The van der Waals surface area contributed by atoms with E-state index < -0.39 is 5.60 Å². The molecule has 0 aliphatic rings. The SMILES string of the molecule is C=Cc1ccc(C(=O)NCCCCCC(=O)OC(C)(C)C)cn1. The first-order valence-electron chi connectivity index (χ1n) is 7.90. The average molecular weight is 318 g/mol. The van der Waals surface area contributed by atoms with Gasteiger partial charge >= 0.3 is 5.97 Å². The molecule has 0 radical (unpaired) electrons. The van der Waals surface area contributed by atoms with E-state index in [1.54, 1.807) is 18.2 Å². The van der Waals surface area contributed by atoms with Crippen LogP contribution in [0.2, 0.25) is 0 Å². The van der Waals surface area contributed by atoms with Crippen molar-refractivity contribution in [2.24, 2.45) is 0 Å². The summed E-state index contributed by atoms with van der Waals surface area (Å²) in [5.74, 6) is -0.310. The molecule has 23 heavy (non-hydrogen) atoms. The van der Waals surface area contributed by atoms with Gasteiger partial charge in [0.15, 0.2) is 0 Å². The van der Waals surface area contributed by atoms with Crippen LogP contribution in [-0.4, -0.2) is 29.0 Å². The Kier molecular flexibility index (Phi) is 7.45. The molecule has 0 atom stereocenters. The number of aromatic nitrogens is 1. The van der Waals surface area contributed by atoms with Gasteiger partial charge in [-0.2, -0.15) is 0 Å². The third kappa shape index (κ3) is 8.14. The predicted molar refractivity (Wildman–Crippen MR) is 91.0 cm³/mol. The molecule has 0 saturated heterocycles. The van der Waals surface area contributed by atoms with Crippen molar-refractivity contribution < 1.29 is 14.3 Å². The quantitative estimate of drug-likeness (QED) is 0.589. The molecule has 1 aromatic rings. The molecule has 1 heterocycles. The van der Waals surface area contributed by atoms with Gasteiger partial charge in [0.1, 0.15) is 5.60 Å². The molecule has 0 bridgehead atoms. The fourth-order valence-electron chi connectivity index (χ4n) is 1.93. The van der Waals surface area contributed by atoms with Gasteiger partial charge in [-0.05, 0) is 51.8 Å². The second-order valence-corrected chi connectivity index (χ2v) is 6.33. The molecule has 1 amide bonds. The Labute approximate surface area is 138 Å². The van der Waals surface area contributed by atoms with Gasteiger partial charge in [-0.15, -0.1) is 0 Å². The molecule has 0 aliphatic heterocycles. The molecule has 0 aliphatic carbocycles. The summed E-state index contributed by atoms with van der Waals surface area (Å²) in [6.45, 7) is 9.77. The summed E-state index contributed by atoms with van der Waals surface area (Å²) in [6.07, 6.45) is 6.04. The standard InChI is InChI=1S/C18H26N2O3/c1-5-15-11-10-14(13-20-15)17(22)19-12-8-6-7-9-16(21)23-18(2,3)4/h5,10-11,13H,1,6-9,12H2,2-4H3,(H,19,22). The summed E-state index contributed by atoms with van der Waals surface area (Å²) < 4.78 is 5.24. The Hall–Kier alpha value is -2.17. The minimum atomic E-state index is -0.430. The van der Waals surface area contributed by atoms with Gasteiger partial charge in [0.25, 0.3) is 5.91 Å². The van der Waals surface area contributed by atoms with Gasteiger partial charge in [0.2, 0.25) is 0 Å². The smallest absolute Gasteiger partial charge is 0.306 e. The van der Waals surface area contributed by atoms with Crippen molar-refractivity contribution in [1.29, 1.82) is 0 Å². The number of nitrogens with one attached hydrogen (secondary N) is 1. The number of esters is 1. The molecule has 0 aromatic carbocycles. The molecular weight excluding hydrogens is 292 g/mol. The first kappa shape index (κ1) is 18.9. The Morgan fingerprint density at radius 2 is 2.00 bits per heavy atom. The highest BCUT2D eigenvalue weighted by Gasteiger charge is 2.15. The number of pyridine rings is 1. The first-order chi connectivity index (χ1) is 10.8. The van der Waals surface area contributed by atoms with E-state index >= 15 is 0 Å². The molecule has 126 valence electrons. The molecule has 1 rings (SSSR count).